The molecule has 0 atom stereocenters. The first-order valence-corrected chi connectivity index (χ1v) is 9.12. The monoisotopic (exact) mass is 357 g/mol. The lowest BCUT2D eigenvalue weighted by molar-refractivity contribution is -0.116. The van der Waals surface area contributed by atoms with Crippen molar-refractivity contribution in [3.63, 3.8) is 0 Å². The third-order valence-electron chi connectivity index (χ3n) is 3.60. The molecule has 3 amide bonds. The summed E-state index contributed by atoms with van der Waals surface area (Å²) in [5.41, 5.74) is 1.48. The highest BCUT2D eigenvalue weighted by Crippen LogP contribution is 2.18. The van der Waals surface area contributed by atoms with E-state index >= 15 is 0 Å². The van der Waals surface area contributed by atoms with Gasteiger partial charge in [0.2, 0.25) is 5.91 Å². The minimum Gasteiger partial charge on any atom is -0.338 e. The summed E-state index contributed by atoms with van der Waals surface area (Å²) in [5, 5.41) is 5.63. The third kappa shape index (κ3) is 6.51. The number of amides is 3. The molecule has 0 aliphatic heterocycles. The largest absolute Gasteiger partial charge is 0.338 e. The normalized spacial score (nSPS) is 10.2. The van der Waals surface area contributed by atoms with Crippen LogP contribution >= 0.6 is 11.8 Å². The molecular formula is C19H23N3O2S. The van der Waals surface area contributed by atoms with Gasteiger partial charge in [-0.1, -0.05) is 18.2 Å². The van der Waals surface area contributed by atoms with E-state index in [-0.39, 0.29) is 11.9 Å². The minimum absolute atomic E-state index is 0.0353. The second-order valence-electron chi connectivity index (χ2n) is 5.52. The zero-order valence-electron chi connectivity index (χ0n) is 14.5. The van der Waals surface area contributed by atoms with E-state index in [4.69, 9.17) is 0 Å². The fourth-order valence-corrected chi connectivity index (χ4v) is 2.98. The molecule has 2 N–H and O–H groups in total. The molecule has 0 unspecified atom stereocenters. The van der Waals surface area contributed by atoms with Crippen LogP contribution in [0.2, 0.25) is 0 Å². The average molecular weight is 357 g/mol. The van der Waals surface area contributed by atoms with Gasteiger partial charge in [0, 0.05) is 36.8 Å². The maximum atomic E-state index is 11.9. The quantitative estimate of drug-likeness (QED) is 0.582. The van der Waals surface area contributed by atoms with Gasteiger partial charge in [-0.3, -0.25) is 4.79 Å². The summed E-state index contributed by atoms with van der Waals surface area (Å²) in [5.74, 6) is 0.919. The van der Waals surface area contributed by atoms with Crippen LogP contribution in [-0.4, -0.2) is 31.3 Å². The van der Waals surface area contributed by atoms with Crippen LogP contribution in [0.1, 0.15) is 13.3 Å². The Bertz CT molecular complexity index is 690. The Hall–Kier alpha value is -2.47. The van der Waals surface area contributed by atoms with Gasteiger partial charge in [-0.15, -0.1) is 11.8 Å². The number of carbonyl (C=O) groups is 2. The number of anilines is 2. The van der Waals surface area contributed by atoms with Gasteiger partial charge in [0.1, 0.15) is 0 Å². The van der Waals surface area contributed by atoms with Gasteiger partial charge in [0.05, 0.1) is 0 Å². The molecule has 0 spiro atoms. The van der Waals surface area contributed by atoms with E-state index in [1.807, 2.05) is 18.2 Å². The van der Waals surface area contributed by atoms with Crippen molar-refractivity contribution in [2.45, 2.75) is 18.2 Å². The number of thioether (sulfide) groups is 1. The standard InChI is InChI=1S/C19H23N3O2S/c1-15(23)22(2)17-11-9-16(10-12-17)21-19(24)20-13-6-14-25-18-7-4-3-5-8-18/h3-5,7-12H,6,13-14H2,1-2H3,(H2,20,21,24). The molecule has 0 saturated heterocycles. The Kier molecular flexibility index (Phi) is 7.35. The molecule has 25 heavy (non-hydrogen) atoms. The van der Waals surface area contributed by atoms with Crippen LogP contribution in [0.4, 0.5) is 16.2 Å². The van der Waals surface area contributed by atoms with Crippen LogP contribution < -0.4 is 15.5 Å². The minimum atomic E-state index is -0.225. The van der Waals surface area contributed by atoms with Crippen molar-refractivity contribution in [3.05, 3.63) is 54.6 Å². The molecule has 0 radical (unpaired) electrons. The average Bonchev–Trinajstić information content (AvgIpc) is 2.62. The second-order valence-corrected chi connectivity index (χ2v) is 6.69. The number of hydrogen-bond acceptors (Lipinski definition) is 3. The maximum Gasteiger partial charge on any atom is 0.319 e. The molecule has 0 bridgehead atoms. The number of nitrogens with one attached hydrogen (secondary N) is 2. The molecule has 0 fully saturated rings. The van der Waals surface area contributed by atoms with Crippen molar-refractivity contribution in [1.29, 1.82) is 0 Å². The number of urea groups is 1. The van der Waals surface area contributed by atoms with Gasteiger partial charge in [0.15, 0.2) is 0 Å². The summed E-state index contributed by atoms with van der Waals surface area (Å²) in [4.78, 5) is 26.0. The Balaban J connectivity index is 1.67. The maximum absolute atomic E-state index is 11.9. The van der Waals surface area contributed by atoms with E-state index in [0.29, 0.717) is 12.2 Å². The highest BCUT2D eigenvalue weighted by atomic mass is 32.2. The molecule has 132 valence electrons. The van der Waals surface area contributed by atoms with Crippen LogP contribution in [0.5, 0.6) is 0 Å². The zero-order chi connectivity index (χ0) is 18.1. The van der Waals surface area contributed by atoms with E-state index in [1.54, 1.807) is 48.0 Å². The molecule has 0 heterocycles. The fourth-order valence-electron chi connectivity index (χ4n) is 2.11. The van der Waals surface area contributed by atoms with Crippen molar-refractivity contribution >= 4 is 35.1 Å². The van der Waals surface area contributed by atoms with Crippen LogP contribution in [0.25, 0.3) is 0 Å². The van der Waals surface area contributed by atoms with E-state index in [1.165, 1.54) is 11.8 Å². The van der Waals surface area contributed by atoms with Gasteiger partial charge in [-0.2, -0.15) is 0 Å². The van der Waals surface area contributed by atoms with Crippen molar-refractivity contribution in [3.8, 4) is 0 Å². The number of rotatable bonds is 7. The van der Waals surface area contributed by atoms with E-state index in [9.17, 15) is 9.59 Å². The van der Waals surface area contributed by atoms with Crippen LogP contribution in [0.3, 0.4) is 0 Å². The summed E-state index contributed by atoms with van der Waals surface area (Å²) in [7, 11) is 1.71. The number of benzene rings is 2. The zero-order valence-corrected chi connectivity index (χ0v) is 15.3. The fraction of sp³-hybridized carbons (Fsp3) is 0.263. The molecule has 6 heteroatoms. The van der Waals surface area contributed by atoms with Gasteiger partial charge in [-0.05, 0) is 48.6 Å². The van der Waals surface area contributed by atoms with Crippen LogP contribution in [-0.2, 0) is 4.79 Å². The van der Waals surface area contributed by atoms with E-state index in [0.717, 1.165) is 17.9 Å². The molecule has 0 saturated carbocycles. The SMILES string of the molecule is CC(=O)N(C)c1ccc(NC(=O)NCCCSc2ccccc2)cc1. The smallest absolute Gasteiger partial charge is 0.319 e. The van der Waals surface area contributed by atoms with E-state index in [2.05, 4.69) is 22.8 Å². The summed E-state index contributed by atoms with van der Waals surface area (Å²) < 4.78 is 0. The molecule has 0 aliphatic carbocycles. The summed E-state index contributed by atoms with van der Waals surface area (Å²) in [6.45, 7) is 2.13. The summed E-state index contributed by atoms with van der Waals surface area (Å²) >= 11 is 1.78. The molecule has 2 rings (SSSR count). The Labute approximate surface area is 152 Å². The number of carbonyl (C=O) groups excluding carboxylic acids is 2. The molecule has 0 aromatic heterocycles. The molecule has 2 aromatic carbocycles. The Morgan fingerprint density at radius 3 is 2.36 bits per heavy atom. The van der Waals surface area contributed by atoms with Crippen molar-refractivity contribution < 1.29 is 9.59 Å². The molecule has 2 aromatic rings. The van der Waals surface area contributed by atoms with Crippen LogP contribution in [0.15, 0.2) is 59.5 Å². The van der Waals surface area contributed by atoms with Gasteiger partial charge in [0.25, 0.3) is 0 Å². The predicted molar refractivity (Wildman–Crippen MR) is 104 cm³/mol. The van der Waals surface area contributed by atoms with Crippen molar-refractivity contribution in [2.75, 3.05) is 29.6 Å². The third-order valence-corrected chi connectivity index (χ3v) is 4.70. The van der Waals surface area contributed by atoms with Gasteiger partial charge < -0.3 is 15.5 Å². The van der Waals surface area contributed by atoms with Gasteiger partial charge >= 0.3 is 6.03 Å². The first-order valence-electron chi connectivity index (χ1n) is 8.13. The van der Waals surface area contributed by atoms with Gasteiger partial charge in [-0.25, -0.2) is 4.79 Å². The van der Waals surface area contributed by atoms with Crippen molar-refractivity contribution in [2.24, 2.45) is 0 Å². The van der Waals surface area contributed by atoms with Crippen molar-refractivity contribution in [1.82, 2.24) is 5.32 Å². The Morgan fingerprint density at radius 2 is 1.72 bits per heavy atom. The summed E-state index contributed by atoms with van der Waals surface area (Å²) in [6.07, 6.45) is 0.898. The lowest BCUT2D eigenvalue weighted by Crippen LogP contribution is -2.29. The lowest BCUT2D eigenvalue weighted by Gasteiger charge is -2.15. The summed E-state index contributed by atoms with van der Waals surface area (Å²) in [6, 6.07) is 17.1. The predicted octanol–water partition coefficient (Wildman–Crippen LogP) is 3.97. The Morgan fingerprint density at radius 1 is 1.04 bits per heavy atom. The molecule has 0 aliphatic rings. The second kappa shape index (κ2) is 9.74. The van der Waals surface area contributed by atoms with Crippen LogP contribution in [0, 0.1) is 0 Å². The first-order chi connectivity index (χ1) is 12.1. The first kappa shape index (κ1) is 18.9. The topological polar surface area (TPSA) is 61.4 Å². The number of hydrogen-bond donors (Lipinski definition) is 2. The molecular weight excluding hydrogens is 334 g/mol. The highest BCUT2D eigenvalue weighted by Gasteiger charge is 2.06. The lowest BCUT2D eigenvalue weighted by atomic mass is 10.2. The van der Waals surface area contributed by atoms with E-state index < -0.39 is 0 Å². The molecule has 5 nitrogen and oxygen atoms in total. The number of nitrogens with zero attached hydrogens (tertiary/aromatic N) is 1. The highest BCUT2D eigenvalue weighted by molar-refractivity contribution is 7.99.